The molecule has 150 valence electrons. The van der Waals surface area contributed by atoms with Crippen LogP contribution in [0.25, 0.3) is 17.1 Å². The van der Waals surface area contributed by atoms with Crippen LogP contribution in [0.3, 0.4) is 0 Å². The van der Waals surface area contributed by atoms with E-state index in [2.05, 4.69) is 9.88 Å². The van der Waals surface area contributed by atoms with E-state index < -0.39 is 0 Å². The van der Waals surface area contributed by atoms with Crippen LogP contribution < -0.4 is 0 Å². The van der Waals surface area contributed by atoms with Gasteiger partial charge in [-0.3, -0.25) is 14.5 Å². The van der Waals surface area contributed by atoms with Crippen LogP contribution in [-0.4, -0.2) is 36.3 Å². The zero-order valence-electron chi connectivity index (χ0n) is 16.2. The van der Waals surface area contributed by atoms with E-state index in [1.54, 1.807) is 24.5 Å². The number of pyridine rings is 1. The van der Waals surface area contributed by atoms with Crippen LogP contribution in [0.4, 0.5) is 4.39 Å². The summed E-state index contributed by atoms with van der Waals surface area (Å²) in [5.74, 6) is 0.491. The number of hydrogen-bond donors (Lipinski definition) is 0. The fraction of sp³-hybridized carbons (Fsp3) is 0.409. The lowest BCUT2D eigenvalue weighted by atomic mass is 10.2. The fourth-order valence-corrected chi connectivity index (χ4v) is 4.63. The summed E-state index contributed by atoms with van der Waals surface area (Å²) < 4.78 is 18.0. The molecule has 0 amide bonds. The lowest BCUT2D eigenvalue weighted by Crippen LogP contribution is -2.37. The minimum Gasteiger partial charge on any atom is -0.278 e. The van der Waals surface area contributed by atoms with E-state index in [1.807, 2.05) is 21.4 Å². The molecule has 0 saturated heterocycles. The van der Waals surface area contributed by atoms with Gasteiger partial charge in [-0.2, -0.15) is 0 Å². The third kappa shape index (κ3) is 3.76. The van der Waals surface area contributed by atoms with Crippen LogP contribution in [-0.2, 0) is 6.67 Å². The number of halogens is 1. The maximum Gasteiger partial charge on any atom is 0.204 e. The first-order valence-electron chi connectivity index (χ1n) is 10.3. The Balaban J connectivity index is 1.57. The summed E-state index contributed by atoms with van der Waals surface area (Å²) in [5.41, 5.74) is 1.75. The van der Waals surface area contributed by atoms with Crippen LogP contribution in [0, 0.1) is 10.6 Å². The van der Waals surface area contributed by atoms with Crippen molar-refractivity contribution in [3.05, 3.63) is 59.4 Å². The lowest BCUT2D eigenvalue weighted by Gasteiger charge is -2.28. The second-order valence-electron chi connectivity index (χ2n) is 7.98. The molecule has 0 atom stereocenters. The quantitative estimate of drug-likeness (QED) is 0.539. The molecule has 0 aliphatic heterocycles. The maximum atomic E-state index is 13.5. The maximum absolute atomic E-state index is 13.5. The van der Waals surface area contributed by atoms with E-state index >= 15 is 0 Å². The minimum atomic E-state index is -0.265. The fourth-order valence-electron chi connectivity index (χ4n) is 4.34. The normalized spacial score (nSPS) is 17.3. The van der Waals surface area contributed by atoms with Gasteiger partial charge < -0.3 is 0 Å². The van der Waals surface area contributed by atoms with Crippen molar-refractivity contribution in [3.8, 4) is 17.1 Å². The number of benzene rings is 1. The molecule has 2 fully saturated rings. The molecule has 2 saturated carbocycles. The molecule has 1 aromatic carbocycles. The first-order chi connectivity index (χ1) is 14.2. The smallest absolute Gasteiger partial charge is 0.204 e. The first-order valence-corrected chi connectivity index (χ1v) is 10.7. The average Bonchev–Trinajstić information content (AvgIpc) is 3.34. The highest BCUT2D eigenvalue weighted by molar-refractivity contribution is 7.71. The Labute approximate surface area is 174 Å². The summed E-state index contributed by atoms with van der Waals surface area (Å²) in [6.45, 7) is 0.709. The van der Waals surface area contributed by atoms with Gasteiger partial charge in [0, 0.05) is 30.0 Å². The van der Waals surface area contributed by atoms with E-state index in [4.69, 9.17) is 17.3 Å². The molecule has 3 aromatic rings. The highest BCUT2D eigenvalue weighted by atomic mass is 32.1. The van der Waals surface area contributed by atoms with Gasteiger partial charge in [0.15, 0.2) is 5.82 Å². The van der Waals surface area contributed by atoms with Crippen LogP contribution in [0.2, 0.25) is 0 Å². The van der Waals surface area contributed by atoms with Gasteiger partial charge in [-0.15, -0.1) is 5.10 Å². The first kappa shape index (κ1) is 18.6. The molecule has 5 nitrogen and oxygen atoms in total. The molecule has 2 aromatic heterocycles. The van der Waals surface area contributed by atoms with E-state index in [-0.39, 0.29) is 5.82 Å². The zero-order valence-corrected chi connectivity index (χ0v) is 17.1. The van der Waals surface area contributed by atoms with Gasteiger partial charge in [0.25, 0.3) is 0 Å². The van der Waals surface area contributed by atoms with Crippen molar-refractivity contribution in [3.63, 3.8) is 0 Å². The number of rotatable bonds is 6. The van der Waals surface area contributed by atoms with Crippen molar-refractivity contribution < 1.29 is 4.39 Å². The number of nitrogens with zero attached hydrogens (tertiary/aromatic N) is 5. The van der Waals surface area contributed by atoms with E-state index in [0.29, 0.717) is 23.5 Å². The summed E-state index contributed by atoms with van der Waals surface area (Å²) in [4.78, 5) is 6.72. The highest BCUT2D eigenvalue weighted by Gasteiger charge is 2.35. The Kier molecular flexibility index (Phi) is 5.01. The highest BCUT2D eigenvalue weighted by Crippen LogP contribution is 2.35. The van der Waals surface area contributed by atoms with E-state index in [0.717, 1.165) is 17.1 Å². The van der Waals surface area contributed by atoms with Crippen molar-refractivity contribution in [2.75, 3.05) is 0 Å². The van der Waals surface area contributed by atoms with E-state index in [1.165, 1.54) is 50.7 Å². The molecule has 0 spiro atoms. The van der Waals surface area contributed by atoms with Crippen molar-refractivity contribution in [2.45, 2.75) is 57.3 Å². The predicted molar refractivity (Wildman–Crippen MR) is 113 cm³/mol. The summed E-state index contributed by atoms with van der Waals surface area (Å²) in [5, 5.41) is 4.91. The topological polar surface area (TPSA) is 38.9 Å². The van der Waals surface area contributed by atoms with Crippen LogP contribution >= 0.6 is 12.2 Å². The molecule has 0 N–H and O–H groups in total. The van der Waals surface area contributed by atoms with Crippen LogP contribution in [0.15, 0.2) is 48.8 Å². The third-order valence-corrected chi connectivity index (χ3v) is 6.36. The third-order valence-electron chi connectivity index (χ3n) is 5.97. The molecule has 2 aliphatic rings. The Morgan fingerprint density at radius 2 is 1.62 bits per heavy atom. The Morgan fingerprint density at radius 1 is 0.966 bits per heavy atom. The number of hydrogen-bond acceptors (Lipinski definition) is 4. The molecule has 2 aliphatic carbocycles. The molecule has 29 heavy (non-hydrogen) atoms. The largest absolute Gasteiger partial charge is 0.278 e. The standard InChI is InChI=1S/C22H24FN5S/c23-17-5-7-20(8-6-17)28-21(16-11-13-24-14-12-16)25-27(22(28)29)15-26(19-9-10-19)18-3-1-2-4-18/h5-8,11-14,18-19H,1-4,9-10,15H2. The Morgan fingerprint density at radius 3 is 2.28 bits per heavy atom. The van der Waals surface area contributed by atoms with Crippen LogP contribution in [0.1, 0.15) is 38.5 Å². The molecule has 7 heteroatoms. The molecule has 0 radical (unpaired) electrons. The van der Waals surface area contributed by atoms with Gasteiger partial charge in [-0.1, -0.05) is 12.8 Å². The summed E-state index contributed by atoms with van der Waals surface area (Å²) in [6.07, 6.45) is 11.2. The average molecular weight is 410 g/mol. The summed E-state index contributed by atoms with van der Waals surface area (Å²) >= 11 is 5.86. The van der Waals surface area contributed by atoms with Crippen molar-refractivity contribution in [2.24, 2.45) is 0 Å². The minimum absolute atomic E-state index is 0.265. The second kappa shape index (κ2) is 7.80. The molecule has 0 bridgehead atoms. The number of aromatic nitrogens is 4. The Hall–Kier alpha value is -2.38. The predicted octanol–water partition coefficient (Wildman–Crippen LogP) is 4.97. The van der Waals surface area contributed by atoms with Gasteiger partial charge >= 0.3 is 0 Å². The van der Waals surface area contributed by atoms with Crippen LogP contribution in [0.5, 0.6) is 0 Å². The molecule has 2 heterocycles. The lowest BCUT2D eigenvalue weighted by molar-refractivity contribution is 0.134. The van der Waals surface area contributed by atoms with Gasteiger partial charge in [0.1, 0.15) is 5.82 Å². The van der Waals surface area contributed by atoms with Gasteiger partial charge in [0.2, 0.25) is 4.77 Å². The zero-order chi connectivity index (χ0) is 19.8. The summed E-state index contributed by atoms with van der Waals surface area (Å²) in [6, 6.07) is 11.5. The van der Waals surface area contributed by atoms with Gasteiger partial charge in [0.05, 0.1) is 12.4 Å². The molecular formula is C22H24FN5S. The van der Waals surface area contributed by atoms with Crippen molar-refractivity contribution in [1.82, 2.24) is 24.2 Å². The monoisotopic (exact) mass is 409 g/mol. The molecular weight excluding hydrogens is 385 g/mol. The molecule has 0 unspecified atom stereocenters. The molecule has 5 rings (SSSR count). The Bertz CT molecular complexity index is 1030. The second-order valence-corrected chi connectivity index (χ2v) is 8.34. The van der Waals surface area contributed by atoms with Crippen molar-refractivity contribution in [1.29, 1.82) is 0 Å². The van der Waals surface area contributed by atoms with Gasteiger partial charge in [-0.05, 0) is 74.3 Å². The van der Waals surface area contributed by atoms with Crippen molar-refractivity contribution >= 4 is 12.2 Å². The SMILES string of the molecule is Fc1ccc(-n2c(-c3ccncc3)nn(CN(C3CCCC3)C3CC3)c2=S)cc1. The van der Waals surface area contributed by atoms with E-state index in [9.17, 15) is 4.39 Å². The van der Waals surface area contributed by atoms with Gasteiger partial charge in [-0.25, -0.2) is 9.07 Å². The summed E-state index contributed by atoms with van der Waals surface area (Å²) in [7, 11) is 0.